The molecule has 0 aliphatic rings. The van der Waals surface area contributed by atoms with Crippen molar-refractivity contribution in [1.29, 1.82) is 0 Å². The van der Waals surface area contributed by atoms with Crippen LogP contribution in [0.4, 0.5) is 24.5 Å². The molecule has 0 spiro atoms. The van der Waals surface area contributed by atoms with Gasteiger partial charge in [-0.3, -0.25) is 4.79 Å². The van der Waals surface area contributed by atoms with Gasteiger partial charge in [0.15, 0.2) is 0 Å². The molecule has 0 heterocycles. The third-order valence-corrected chi connectivity index (χ3v) is 3.24. The fourth-order valence-corrected chi connectivity index (χ4v) is 2.06. The average Bonchev–Trinajstić information content (AvgIpc) is 2.49. The number of carbonyl (C=O) groups is 1. The minimum absolute atomic E-state index is 0.0249. The van der Waals surface area contributed by atoms with Gasteiger partial charge >= 0.3 is 6.18 Å². The van der Waals surface area contributed by atoms with Crippen molar-refractivity contribution < 1.29 is 18.0 Å². The van der Waals surface area contributed by atoms with Crippen LogP contribution in [-0.2, 0) is 11.0 Å². The van der Waals surface area contributed by atoms with Gasteiger partial charge in [0.25, 0.3) is 0 Å². The number of alkyl halides is 3. The van der Waals surface area contributed by atoms with Crippen LogP contribution in [0.1, 0.15) is 17.5 Å². The second kappa shape index (κ2) is 7.17. The standard InChI is InChI=1S/C17H17F3N2O/c1-12-6-8-13(9-7-12)22-16(23)10-11-21-15-5-3-2-4-14(15)17(18,19)20/h2-9,21H,10-11H2,1H3,(H,22,23). The molecule has 0 fully saturated rings. The van der Waals surface area contributed by atoms with Crippen LogP contribution in [0.5, 0.6) is 0 Å². The topological polar surface area (TPSA) is 41.1 Å². The first-order chi connectivity index (χ1) is 10.9. The van der Waals surface area contributed by atoms with E-state index >= 15 is 0 Å². The Morgan fingerprint density at radius 3 is 2.35 bits per heavy atom. The highest BCUT2D eigenvalue weighted by Gasteiger charge is 2.32. The maximum atomic E-state index is 12.8. The Bertz CT molecular complexity index is 666. The molecule has 0 saturated heterocycles. The Kier molecular flexibility index (Phi) is 5.26. The van der Waals surface area contributed by atoms with Crippen LogP contribution in [-0.4, -0.2) is 12.5 Å². The van der Waals surface area contributed by atoms with E-state index in [1.54, 1.807) is 12.1 Å². The van der Waals surface area contributed by atoms with Gasteiger partial charge in [-0.1, -0.05) is 29.8 Å². The summed E-state index contributed by atoms with van der Waals surface area (Å²) in [5.74, 6) is -0.258. The summed E-state index contributed by atoms with van der Waals surface area (Å²) in [6, 6.07) is 12.5. The highest BCUT2D eigenvalue weighted by Crippen LogP contribution is 2.34. The normalized spacial score (nSPS) is 11.1. The first-order valence-electron chi connectivity index (χ1n) is 7.13. The number of carbonyl (C=O) groups excluding carboxylic acids is 1. The SMILES string of the molecule is Cc1ccc(NC(=O)CCNc2ccccc2C(F)(F)F)cc1. The fourth-order valence-electron chi connectivity index (χ4n) is 2.06. The van der Waals surface area contributed by atoms with E-state index in [4.69, 9.17) is 0 Å². The number of nitrogens with one attached hydrogen (secondary N) is 2. The Hall–Kier alpha value is -2.50. The first kappa shape index (κ1) is 16.9. The van der Waals surface area contributed by atoms with Gasteiger partial charge in [-0.05, 0) is 31.2 Å². The molecule has 0 atom stereocenters. The van der Waals surface area contributed by atoms with Gasteiger partial charge in [-0.15, -0.1) is 0 Å². The summed E-state index contributed by atoms with van der Waals surface area (Å²) in [4.78, 5) is 11.8. The van der Waals surface area contributed by atoms with Crippen molar-refractivity contribution in [3.8, 4) is 0 Å². The number of anilines is 2. The van der Waals surface area contributed by atoms with Crippen LogP contribution in [0, 0.1) is 6.92 Å². The van der Waals surface area contributed by atoms with Crippen molar-refractivity contribution in [3.63, 3.8) is 0 Å². The monoisotopic (exact) mass is 322 g/mol. The van der Waals surface area contributed by atoms with E-state index < -0.39 is 11.7 Å². The van der Waals surface area contributed by atoms with Crippen LogP contribution in [0.25, 0.3) is 0 Å². The van der Waals surface area contributed by atoms with Crippen LogP contribution < -0.4 is 10.6 Å². The zero-order valence-electron chi connectivity index (χ0n) is 12.6. The van der Waals surface area contributed by atoms with E-state index in [2.05, 4.69) is 10.6 Å². The molecule has 2 aromatic carbocycles. The van der Waals surface area contributed by atoms with Gasteiger partial charge in [0, 0.05) is 24.3 Å². The molecule has 0 aliphatic heterocycles. The number of hydrogen-bond donors (Lipinski definition) is 2. The van der Waals surface area contributed by atoms with Crippen molar-refractivity contribution >= 4 is 17.3 Å². The van der Waals surface area contributed by atoms with Crippen molar-refractivity contribution in [3.05, 3.63) is 59.7 Å². The molecule has 0 aromatic heterocycles. The maximum absolute atomic E-state index is 12.8. The van der Waals surface area contributed by atoms with Crippen LogP contribution in [0.15, 0.2) is 48.5 Å². The van der Waals surface area contributed by atoms with Gasteiger partial charge < -0.3 is 10.6 Å². The molecule has 122 valence electrons. The third kappa shape index (κ3) is 5.02. The van der Waals surface area contributed by atoms with E-state index in [1.807, 2.05) is 19.1 Å². The van der Waals surface area contributed by atoms with Gasteiger partial charge in [0.2, 0.25) is 5.91 Å². The quantitative estimate of drug-likeness (QED) is 0.853. The Balaban J connectivity index is 1.88. The fraction of sp³-hybridized carbons (Fsp3) is 0.235. The molecular weight excluding hydrogens is 305 g/mol. The molecule has 0 saturated carbocycles. The first-order valence-corrected chi connectivity index (χ1v) is 7.13. The predicted octanol–water partition coefficient (Wildman–Crippen LogP) is 4.45. The number of aryl methyl sites for hydroxylation is 1. The molecule has 2 aromatic rings. The van der Waals surface area contributed by atoms with Gasteiger partial charge in [-0.2, -0.15) is 13.2 Å². The number of rotatable bonds is 5. The summed E-state index contributed by atoms with van der Waals surface area (Å²) >= 11 is 0. The summed E-state index contributed by atoms with van der Waals surface area (Å²) in [5.41, 5.74) is 0.979. The summed E-state index contributed by atoms with van der Waals surface area (Å²) < 4.78 is 38.5. The zero-order valence-corrected chi connectivity index (χ0v) is 12.6. The molecule has 1 amide bonds. The van der Waals surface area contributed by atoms with Crippen LogP contribution >= 0.6 is 0 Å². The zero-order chi connectivity index (χ0) is 16.9. The van der Waals surface area contributed by atoms with Crippen molar-refractivity contribution in [2.75, 3.05) is 17.2 Å². The van der Waals surface area contributed by atoms with Crippen molar-refractivity contribution in [2.45, 2.75) is 19.5 Å². The summed E-state index contributed by atoms with van der Waals surface area (Å²) in [5, 5.41) is 5.36. The lowest BCUT2D eigenvalue weighted by Crippen LogP contribution is -2.17. The predicted molar refractivity (Wildman–Crippen MR) is 84.4 cm³/mol. The number of halogens is 3. The van der Waals surface area contributed by atoms with E-state index in [0.717, 1.165) is 11.6 Å². The molecule has 2 N–H and O–H groups in total. The van der Waals surface area contributed by atoms with Crippen LogP contribution in [0.3, 0.4) is 0 Å². The van der Waals surface area contributed by atoms with E-state index in [-0.39, 0.29) is 24.6 Å². The third-order valence-electron chi connectivity index (χ3n) is 3.24. The molecule has 6 heteroatoms. The largest absolute Gasteiger partial charge is 0.418 e. The number of hydrogen-bond acceptors (Lipinski definition) is 2. The number of benzene rings is 2. The molecule has 23 heavy (non-hydrogen) atoms. The highest BCUT2D eigenvalue weighted by atomic mass is 19.4. The minimum Gasteiger partial charge on any atom is -0.384 e. The van der Waals surface area contributed by atoms with Gasteiger partial charge in [0.05, 0.1) is 5.56 Å². The summed E-state index contributed by atoms with van der Waals surface area (Å²) in [6.07, 6.45) is -4.35. The maximum Gasteiger partial charge on any atom is 0.418 e. The Labute approximate surface area is 132 Å². The molecule has 2 rings (SSSR count). The number of amides is 1. The smallest absolute Gasteiger partial charge is 0.384 e. The van der Waals surface area contributed by atoms with Crippen molar-refractivity contribution in [1.82, 2.24) is 0 Å². The lowest BCUT2D eigenvalue weighted by Gasteiger charge is -2.14. The highest BCUT2D eigenvalue weighted by molar-refractivity contribution is 5.91. The van der Waals surface area contributed by atoms with E-state index in [0.29, 0.717) is 5.69 Å². The lowest BCUT2D eigenvalue weighted by atomic mass is 10.1. The van der Waals surface area contributed by atoms with Crippen molar-refractivity contribution in [2.24, 2.45) is 0 Å². The molecular formula is C17H17F3N2O. The number of para-hydroxylation sites is 1. The van der Waals surface area contributed by atoms with Gasteiger partial charge in [-0.25, -0.2) is 0 Å². The molecule has 0 bridgehead atoms. The van der Waals surface area contributed by atoms with Crippen LogP contribution in [0.2, 0.25) is 0 Å². The second-order valence-electron chi connectivity index (χ2n) is 5.13. The molecule has 3 nitrogen and oxygen atoms in total. The minimum atomic E-state index is -4.42. The average molecular weight is 322 g/mol. The van der Waals surface area contributed by atoms with Gasteiger partial charge in [0.1, 0.15) is 0 Å². The Morgan fingerprint density at radius 2 is 1.70 bits per heavy atom. The summed E-state index contributed by atoms with van der Waals surface area (Å²) in [6.45, 7) is 2.05. The molecule has 0 aliphatic carbocycles. The lowest BCUT2D eigenvalue weighted by molar-refractivity contribution is -0.137. The van der Waals surface area contributed by atoms with E-state index in [9.17, 15) is 18.0 Å². The molecule has 0 radical (unpaired) electrons. The summed E-state index contributed by atoms with van der Waals surface area (Å²) in [7, 11) is 0. The molecule has 0 unspecified atom stereocenters. The van der Waals surface area contributed by atoms with E-state index in [1.165, 1.54) is 18.2 Å². The Morgan fingerprint density at radius 1 is 1.04 bits per heavy atom. The second-order valence-corrected chi connectivity index (χ2v) is 5.13.